The van der Waals surface area contributed by atoms with Gasteiger partial charge in [-0.3, -0.25) is 9.69 Å². The van der Waals surface area contributed by atoms with Crippen LogP contribution in [-0.2, 0) is 4.79 Å². The van der Waals surface area contributed by atoms with E-state index in [-0.39, 0.29) is 5.91 Å². The van der Waals surface area contributed by atoms with E-state index >= 15 is 0 Å². The highest BCUT2D eigenvalue weighted by Crippen LogP contribution is 2.24. The van der Waals surface area contributed by atoms with E-state index in [1.807, 2.05) is 0 Å². The number of nitrogens with zero attached hydrogens (tertiary/aromatic N) is 2. The molecule has 1 aromatic rings. The third-order valence-electron chi connectivity index (χ3n) is 3.92. The topological polar surface area (TPSA) is 61.6 Å². The Bertz CT molecular complexity index is 498. The zero-order valence-corrected chi connectivity index (χ0v) is 13.4. The molecule has 1 saturated heterocycles. The summed E-state index contributed by atoms with van der Waals surface area (Å²) in [4.78, 5) is 16.5. The summed E-state index contributed by atoms with van der Waals surface area (Å²) in [5, 5.41) is 3.31. The molecule has 0 saturated carbocycles. The molecule has 1 fully saturated rings. The van der Waals surface area contributed by atoms with Crippen LogP contribution in [0.1, 0.15) is 12.8 Å². The molecular formula is C15H23ClN4O. The average molecular weight is 311 g/mol. The fraction of sp³-hybridized carbons (Fsp3) is 0.533. The van der Waals surface area contributed by atoms with Crippen LogP contribution in [0, 0.1) is 0 Å². The summed E-state index contributed by atoms with van der Waals surface area (Å²) in [5.74, 6) is -0.0371. The number of likely N-dealkylation sites (tertiary alicyclic amines) is 1. The Kier molecular flexibility index (Phi) is 5.45. The minimum atomic E-state index is -0.0371. The van der Waals surface area contributed by atoms with Gasteiger partial charge in [-0.2, -0.15) is 0 Å². The van der Waals surface area contributed by atoms with E-state index in [0.717, 1.165) is 25.9 Å². The number of hydrogen-bond donors (Lipinski definition) is 2. The van der Waals surface area contributed by atoms with Gasteiger partial charge in [0.25, 0.3) is 0 Å². The Morgan fingerprint density at radius 1 is 1.43 bits per heavy atom. The molecule has 116 valence electrons. The smallest absolute Gasteiger partial charge is 0.238 e. The number of nitrogens with two attached hydrogens (primary N) is 1. The SMILES string of the molecule is CN(C)C1CCN(CC(=O)Nc2ccc(N)cc2Cl)CC1. The van der Waals surface area contributed by atoms with Crippen molar-refractivity contribution in [3.8, 4) is 0 Å². The maximum Gasteiger partial charge on any atom is 0.238 e. The summed E-state index contributed by atoms with van der Waals surface area (Å²) in [6.07, 6.45) is 2.20. The number of carbonyl (C=O) groups excluding carboxylic acids is 1. The van der Waals surface area contributed by atoms with Gasteiger partial charge in [-0.15, -0.1) is 0 Å². The van der Waals surface area contributed by atoms with Crippen LogP contribution in [0.4, 0.5) is 11.4 Å². The quantitative estimate of drug-likeness (QED) is 0.834. The number of nitrogens with one attached hydrogen (secondary N) is 1. The normalized spacial score (nSPS) is 17.1. The number of halogens is 1. The molecule has 2 rings (SSSR count). The third-order valence-corrected chi connectivity index (χ3v) is 4.23. The van der Waals surface area contributed by atoms with E-state index in [1.165, 1.54) is 0 Å². The van der Waals surface area contributed by atoms with Gasteiger partial charge in [0.15, 0.2) is 0 Å². The molecule has 1 aliphatic rings. The summed E-state index contributed by atoms with van der Waals surface area (Å²) < 4.78 is 0. The lowest BCUT2D eigenvalue weighted by Gasteiger charge is -2.34. The van der Waals surface area contributed by atoms with Gasteiger partial charge in [0.05, 0.1) is 17.3 Å². The Morgan fingerprint density at radius 3 is 2.67 bits per heavy atom. The molecule has 3 N–H and O–H groups in total. The molecule has 5 nitrogen and oxygen atoms in total. The summed E-state index contributed by atoms with van der Waals surface area (Å²) in [6, 6.07) is 5.72. The summed E-state index contributed by atoms with van der Waals surface area (Å²) >= 11 is 6.06. The highest BCUT2D eigenvalue weighted by atomic mass is 35.5. The number of amides is 1. The van der Waals surface area contributed by atoms with Gasteiger partial charge in [-0.25, -0.2) is 0 Å². The molecule has 1 aromatic carbocycles. The number of anilines is 2. The maximum absolute atomic E-state index is 12.1. The van der Waals surface area contributed by atoms with Crippen molar-refractivity contribution in [2.24, 2.45) is 0 Å². The predicted octanol–water partition coefficient (Wildman–Crippen LogP) is 1.89. The third kappa shape index (κ3) is 4.59. The molecule has 0 aliphatic carbocycles. The second kappa shape index (κ2) is 7.11. The molecule has 1 aliphatic heterocycles. The summed E-state index contributed by atoms with van der Waals surface area (Å²) in [6.45, 7) is 2.30. The molecule has 0 unspecified atom stereocenters. The minimum absolute atomic E-state index is 0.0371. The molecule has 0 spiro atoms. The van der Waals surface area contributed by atoms with Crippen molar-refractivity contribution in [3.05, 3.63) is 23.2 Å². The van der Waals surface area contributed by atoms with Crippen LogP contribution in [0.15, 0.2) is 18.2 Å². The molecule has 0 atom stereocenters. The van der Waals surface area contributed by atoms with Gasteiger partial charge in [-0.05, 0) is 45.1 Å². The molecule has 21 heavy (non-hydrogen) atoms. The number of nitrogen functional groups attached to an aromatic ring is 1. The second-order valence-electron chi connectivity index (χ2n) is 5.76. The Morgan fingerprint density at radius 2 is 2.10 bits per heavy atom. The lowest BCUT2D eigenvalue weighted by molar-refractivity contribution is -0.117. The zero-order chi connectivity index (χ0) is 15.4. The number of benzene rings is 1. The number of rotatable bonds is 4. The molecule has 1 amide bonds. The van der Waals surface area contributed by atoms with E-state index in [2.05, 4.69) is 29.2 Å². The molecule has 0 aromatic heterocycles. The first-order valence-corrected chi connectivity index (χ1v) is 7.57. The van der Waals surface area contributed by atoms with Crippen molar-refractivity contribution in [1.82, 2.24) is 9.80 Å². The van der Waals surface area contributed by atoms with Crippen LogP contribution in [0.3, 0.4) is 0 Å². The van der Waals surface area contributed by atoms with Crippen LogP contribution < -0.4 is 11.1 Å². The lowest BCUT2D eigenvalue weighted by Crippen LogP contribution is -2.44. The van der Waals surface area contributed by atoms with E-state index in [4.69, 9.17) is 17.3 Å². The molecule has 0 bridgehead atoms. The van der Waals surface area contributed by atoms with Crippen LogP contribution in [-0.4, -0.2) is 55.5 Å². The van der Waals surface area contributed by atoms with Gasteiger partial charge in [0.2, 0.25) is 5.91 Å². The molecule has 1 heterocycles. The van der Waals surface area contributed by atoms with Gasteiger partial charge < -0.3 is 16.0 Å². The summed E-state index contributed by atoms with van der Waals surface area (Å²) in [7, 11) is 4.21. The van der Waals surface area contributed by atoms with Crippen molar-refractivity contribution in [1.29, 1.82) is 0 Å². The van der Waals surface area contributed by atoms with Gasteiger partial charge in [0.1, 0.15) is 0 Å². The predicted molar refractivity (Wildman–Crippen MR) is 87.6 cm³/mol. The first kappa shape index (κ1) is 16.1. The molecule has 6 heteroatoms. The van der Waals surface area contributed by atoms with Crippen molar-refractivity contribution in [3.63, 3.8) is 0 Å². The van der Waals surface area contributed by atoms with E-state index in [0.29, 0.717) is 29.0 Å². The van der Waals surface area contributed by atoms with Crippen LogP contribution in [0.25, 0.3) is 0 Å². The van der Waals surface area contributed by atoms with E-state index < -0.39 is 0 Å². The number of piperidine rings is 1. The standard InChI is InChI=1S/C15H23ClN4O/c1-19(2)12-5-7-20(8-6-12)10-15(21)18-14-4-3-11(17)9-13(14)16/h3-4,9,12H,5-8,10,17H2,1-2H3,(H,18,21). The fourth-order valence-electron chi connectivity index (χ4n) is 2.62. The van der Waals surface area contributed by atoms with Crippen LogP contribution in [0.5, 0.6) is 0 Å². The van der Waals surface area contributed by atoms with Gasteiger partial charge in [-0.1, -0.05) is 11.6 Å². The highest BCUT2D eigenvalue weighted by molar-refractivity contribution is 6.34. The zero-order valence-electron chi connectivity index (χ0n) is 12.6. The fourth-order valence-corrected chi connectivity index (χ4v) is 2.86. The molecule has 0 radical (unpaired) electrons. The summed E-state index contributed by atoms with van der Waals surface area (Å²) in [5.41, 5.74) is 6.83. The van der Waals surface area contributed by atoms with Crippen molar-refractivity contribution in [2.45, 2.75) is 18.9 Å². The number of hydrogen-bond acceptors (Lipinski definition) is 4. The van der Waals surface area contributed by atoms with E-state index in [9.17, 15) is 4.79 Å². The van der Waals surface area contributed by atoms with Crippen molar-refractivity contribution in [2.75, 3.05) is 44.8 Å². The Balaban J connectivity index is 1.83. The number of carbonyl (C=O) groups is 1. The average Bonchev–Trinajstić information content (AvgIpc) is 2.42. The first-order valence-electron chi connectivity index (χ1n) is 7.19. The lowest BCUT2D eigenvalue weighted by atomic mass is 10.0. The largest absolute Gasteiger partial charge is 0.399 e. The maximum atomic E-state index is 12.1. The van der Waals surface area contributed by atoms with E-state index in [1.54, 1.807) is 18.2 Å². The highest BCUT2D eigenvalue weighted by Gasteiger charge is 2.22. The Labute approximate surface area is 131 Å². The molecular weight excluding hydrogens is 288 g/mol. The van der Waals surface area contributed by atoms with Crippen LogP contribution >= 0.6 is 11.6 Å². The monoisotopic (exact) mass is 310 g/mol. The van der Waals surface area contributed by atoms with Gasteiger partial charge >= 0.3 is 0 Å². The van der Waals surface area contributed by atoms with Crippen molar-refractivity contribution >= 4 is 28.9 Å². The Hall–Kier alpha value is -1.30. The second-order valence-corrected chi connectivity index (χ2v) is 6.17. The van der Waals surface area contributed by atoms with Crippen molar-refractivity contribution < 1.29 is 4.79 Å². The first-order chi connectivity index (χ1) is 9.95. The van der Waals surface area contributed by atoms with Crippen LogP contribution in [0.2, 0.25) is 5.02 Å². The minimum Gasteiger partial charge on any atom is -0.399 e. The van der Waals surface area contributed by atoms with Gasteiger partial charge in [0, 0.05) is 24.8 Å².